The van der Waals surface area contributed by atoms with Crippen molar-refractivity contribution in [2.24, 2.45) is 10.8 Å². The fourth-order valence-corrected chi connectivity index (χ4v) is 5.38. The predicted molar refractivity (Wildman–Crippen MR) is 112 cm³/mol. The highest BCUT2D eigenvalue weighted by atomic mass is 35.5. The molecule has 0 amide bonds. The highest BCUT2D eigenvalue weighted by molar-refractivity contribution is 6.30. The number of halogens is 1. The fraction of sp³-hybridized carbons (Fsp3) is 0.524. The van der Waals surface area contributed by atoms with Gasteiger partial charge in [-0.15, -0.1) is 0 Å². The van der Waals surface area contributed by atoms with Crippen LogP contribution in [0.1, 0.15) is 45.6 Å². The van der Waals surface area contributed by atoms with Crippen LogP contribution in [-0.2, 0) is 6.54 Å². The molecule has 6 heteroatoms. The minimum absolute atomic E-state index is 0.334. The molecule has 2 unspecified atom stereocenters. The van der Waals surface area contributed by atoms with E-state index >= 15 is 0 Å². The zero-order chi connectivity index (χ0) is 19.2. The molecule has 2 aliphatic rings. The number of rotatable bonds is 4. The average Bonchev–Trinajstić information content (AvgIpc) is 2.84. The fourth-order valence-electron chi connectivity index (χ4n) is 5.25. The van der Waals surface area contributed by atoms with Gasteiger partial charge < -0.3 is 16.0 Å². The monoisotopic (exact) mass is 385 g/mol. The Bertz CT molecular complexity index is 835. The smallest absolute Gasteiger partial charge is 0.157 e. The van der Waals surface area contributed by atoms with Crippen molar-refractivity contribution in [3.05, 3.63) is 41.2 Å². The molecule has 2 heterocycles. The molecular formula is C21H28ClN5. The molecule has 0 radical (unpaired) electrons. The van der Waals surface area contributed by atoms with E-state index in [9.17, 15) is 0 Å². The molecule has 5 nitrogen and oxygen atoms in total. The van der Waals surface area contributed by atoms with Gasteiger partial charge in [-0.05, 0) is 47.8 Å². The third-order valence-corrected chi connectivity index (χ3v) is 6.17. The van der Waals surface area contributed by atoms with Crippen LogP contribution in [0.4, 0.5) is 17.3 Å². The van der Waals surface area contributed by atoms with Gasteiger partial charge in [-0.25, -0.2) is 9.97 Å². The standard InChI is InChI=1S/C21H28ClN5/c1-20(2)8-16-9-21(3,11-20)12-27(16)19-17(23)18(25-13-26-19)24-10-14-4-6-15(22)7-5-14/h4-7,13,16H,8-12,23H2,1-3H3,(H,24,25,26). The number of nitrogens with two attached hydrogens (primary N) is 1. The summed E-state index contributed by atoms with van der Waals surface area (Å²) in [6, 6.07) is 8.28. The maximum Gasteiger partial charge on any atom is 0.157 e. The summed E-state index contributed by atoms with van der Waals surface area (Å²) in [5.74, 6) is 1.57. The van der Waals surface area contributed by atoms with Gasteiger partial charge in [0.15, 0.2) is 11.6 Å². The van der Waals surface area contributed by atoms with Gasteiger partial charge in [0.05, 0.1) is 0 Å². The molecule has 27 heavy (non-hydrogen) atoms. The van der Waals surface area contributed by atoms with E-state index in [-0.39, 0.29) is 0 Å². The Morgan fingerprint density at radius 3 is 2.67 bits per heavy atom. The second-order valence-electron chi connectivity index (χ2n) is 9.28. The Morgan fingerprint density at radius 2 is 1.93 bits per heavy atom. The van der Waals surface area contributed by atoms with Crippen molar-refractivity contribution in [1.82, 2.24) is 9.97 Å². The lowest BCUT2D eigenvalue weighted by Gasteiger charge is -2.39. The number of aromatic nitrogens is 2. The topological polar surface area (TPSA) is 67.1 Å². The summed E-state index contributed by atoms with van der Waals surface area (Å²) >= 11 is 5.96. The minimum Gasteiger partial charge on any atom is -0.393 e. The Morgan fingerprint density at radius 1 is 1.19 bits per heavy atom. The Kier molecular flexibility index (Phi) is 4.46. The summed E-state index contributed by atoms with van der Waals surface area (Å²) in [6.07, 6.45) is 5.26. The molecule has 1 aliphatic heterocycles. The SMILES string of the molecule is CC1(C)CC2CC(C)(CN2c2ncnc(NCc3ccc(Cl)cc3)c2N)C1. The summed E-state index contributed by atoms with van der Waals surface area (Å²) in [6.45, 7) is 8.82. The normalized spacial score (nSPS) is 26.2. The van der Waals surface area contributed by atoms with Crippen LogP contribution >= 0.6 is 11.6 Å². The van der Waals surface area contributed by atoms with Crippen molar-refractivity contribution in [2.75, 3.05) is 22.5 Å². The van der Waals surface area contributed by atoms with Gasteiger partial charge in [-0.3, -0.25) is 0 Å². The highest BCUT2D eigenvalue weighted by Gasteiger charge is 2.50. The molecule has 1 aromatic heterocycles. The number of nitrogen functional groups attached to an aromatic ring is 1. The summed E-state index contributed by atoms with van der Waals surface area (Å²) in [5, 5.41) is 4.09. The van der Waals surface area contributed by atoms with Crippen molar-refractivity contribution in [2.45, 2.75) is 52.6 Å². The third-order valence-electron chi connectivity index (χ3n) is 5.92. The summed E-state index contributed by atoms with van der Waals surface area (Å²) in [4.78, 5) is 11.3. The van der Waals surface area contributed by atoms with E-state index in [1.54, 1.807) is 6.33 Å². The quantitative estimate of drug-likeness (QED) is 0.796. The van der Waals surface area contributed by atoms with Gasteiger partial charge in [0, 0.05) is 24.2 Å². The van der Waals surface area contributed by atoms with E-state index in [4.69, 9.17) is 17.3 Å². The van der Waals surface area contributed by atoms with E-state index in [2.05, 4.69) is 41.0 Å². The lowest BCUT2D eigenvalue weighted by Crippen LogP contribution is -2.35. The first-order chi connectivity index (χ1) is 12.7. The van der Waals surface area contributed by atoms with E-state index in [0.717, 1.165) is 22.9 Å². The van der Waals surface area contributed by atoms with Gasteiger partial charge in [0.25, 0.3) is 0 Å². The maximum atomic E-state index is 6.49. The molecule has 2 atom stereocenters. The third kappa shape index (κ3) is 3.70. The highest BCUT2D eigenvalue weighted by Crippen LogP contribution is 2.53. The first kappa shape index (κ1) is 18.4. The van der Waals surface area contributed by atoms with Crippen molar-refractivity contribution in [3.63, 3.8) is 0 Å². The number of nitrogens with zero attached hydrogens (tertiary/aromatic N) is 3. The van der Waals surface area contributed by atoms with Crippen LogP contribution in [0.5, 0.6) is 0 Å². The van der Waals surface area contributed by atoms with Crippen LogP contribution < -0.4 is 16.0 Å². The number of nitrogens with one attached hydrogen (secondary N) is 1. The molecule has 4 rings (SSSR count). The van der Waals surface area contributed by atoms with Crippen LogP contribution in [-0.4, -0.2) is 22.6 Å². The zero-order valence-electron chi connectivity index (χ0n) is 16.3. The number of benzene rings is 1. The first-order valence-corrected chi connectivity index (χ1v) is 9.98. The summed E-state index contributed by atoms with van der Waals surface area (Å²) in [7, 11) is 0. The van der Waals surface area contributed by atoms with Crippen molar-refractivity contribution in [1.29, 1.82) is 0 Å². The van der Waals surface area contributed by atoms with Gasteiger partial charge in [-0.1, -0.05) is 44.5 Å². The molecule has 1 saturated heterocycles. The van der Waals surface area contributed by atoms with Gasteiger partial charge in [-0.2, -0.15) is 0 Å². The van der Waals surface area contributed by atoms with Crippen LogP contribution in [0.3, 0.4) is 0 Å². The van der Waals surface area contributed by atoms with E-state index in [1.165, 1.54) is 19.3 Å². The first-order valence-electron chi connectivity index (χ1n) is 9.60. The Hall–Kier alpha value is -2.01. The summed E-state index contributed by atoms with van der Waals surface area (Å²) < 4.78 is 0. The number of hydrogen-bond donors (Lipinski definition) is 2. The molecule has 2 aromatic rings. The van der Waals surface area contributed by atoms with Gasteiger partial charge >= 0.3 is 0 Å². The maximum absolute atomic E-state index is 6.49. The predicted octanol–water partition coefficient (Wildman–Crippen LogP) is 4.73. The van der Waals surface area contributed by atoms with Crippen LogP contribution in [0.2, 0.25) is 5.02 Å². The van der Waals surface area contributed by atoms with E-state index in [0.29, 0.717) is 34.9 Å². The molecule has 1 aromatic carbocycles. The number of fused-ring (bicyclic) bond motifs is 2. The van der Waals surface area contributed by atoms with E-state index < -0.39 is 0 Å². The lowest BCUT2D eigenvalue weighted by atomic mass is 9.65. The Balaban J connectivity index is 1.55. The van der Waals surface area contributed by atoms with Crippen LogP contribution in [0.15, 0.2) is 30.6 Å². The van der Waals surface area contributed by atoms with Gasteiger partial charge in [0.2, 0.25) is 0 Å². The van der Waals surface area contributed by atoms with Crippen LogP contribution in [0.25, 0.3) is 0 Å². The molecule has 144 valence electrons. The average molecular weight is 386 g/mol. The second kappa shape index (κ2) is 6.55. The van der Waals surface area contributed by atoms with Crippen molar-refractivity contribution in [3.8, 4) is 0 Å². The van der Waals surface area contributed by atoms with E-state index in [1.807, 2.05) is 24.3 Å². The van der Waals surface area contributed by atoms with Crippen LogP contribution in [0, 0.1) is 10.8 Å². The van der Waals surface area contributed by atoms with Crippen molar-refractivity contribution >= 4 is 28.9 Å². The Labute approximate surface area is 166 Å². The molecule has 1 saturated carbocycles. The zero-order valence-corrected chi connectivity index (χ0v) is 17.1. The molecule has 2 fully saturated rings. The second-order valence-corrected chi connectivity index (χ2v) is 9.72. The van der Waals surface area contributed by atoms with Crippen molar-refractivity contribution < 1.29 is 0 Å². The number of anilines is 3. The summed E-state index contributed by atoms with van der Waals surface area (Å²) in [5.41, 5.74) is 8.96. The largest absolute Gasteiger partial charge is 0.393 e. The molecular weight excluding hydrogens is 358 g/mol. The number of hydrogen-bond acceptors (Lipinski definition) is 5. The van der Waals surface area contributed by atoms with Gasteiger partial charge in [0.1, 0.15) is 12.0 Å². The molecule has 2 bridgehead atoms. The minimum atomic E-state index is 0.334. The molecule has 1 aliphatic carbocycles. The molecule has 0 spiro atoms. The lowest BCUT2D eigenvalue weighted by molar-refractivity contribution is 0.136. The molecule has 3 N–H and O–H groups in total.